The van der Waals surface area contributed by atoms with E-state index in [4.69, 9.17) is 22.9 Å². The summed E-state index contributed by atoms with van der Waals surface area (Å²) < 4.78 is 0. The monoisotopic (exact) mass is 297 g/mol. The van der Waals surface area contributed by atoms with Gasteiger partial charge in [-0.25, -0.2) is 4.98 Å². The van der Waals surface area contributed by atoms with Gasteiger partial charge in [-0.3, -0.25) is 0 Å². The highest BCUT2D eigenvalue weighted by atomic mass is 32.1. The first-order valence-corrected chi connectivity index (χ1v) is 7.76. The average Bonchev–Trinajstić information content (AvgIpc) is 2.93. The largest absolute Gasteiger partial charge is 0.389 e. The minimum Gasteiger partial charge on any atom is -0.389 e. The highest BCUT2D eigenvalue weighted by Gasteiger charge is 2.17. The topological polar surface area (TPSA) is 50.9 Å². The second-order valence-electron chi connectivity index (χ2n) is 5.39. The zero-order chi connectivity index (χ0) is 14.8. The van der Waals surface area contributed by atoms with Crippen LogP contribution in [0.4, 0.5) is 11.5 Å². The predicted molar refractivity (Wildman–Crippen MR) is 91.3 cm³/mol. The number of anilines is 2. The molecule has 3 N–H and O–H groups in total. The average molecular weight is 297 g/mol. The number of hydrogen-bond acceptors (Lipinski definition) is 3. The molecule has 1 aromatic carbocycles. The van der Waals surface area contributed by atoms with Gasteiger partial charge in [-0.1, -0.05) is 31.3 Å². The molecule has 0 bridgehead atoms. The first-order chi connectivity index (χ1) is 10.2. The van der Waals surface area contributed by atoms with Crippen molar-refractivity contribution in [1.82, 2.24) is 4.98 Å². The number of nitrogens with zero attached hydrogens (tertiary/aromatic N) is 1. The van der Waals surface area contributed by atoms with Crippen molar-refractivity contribution in [1.29, 1.82) is 0 Å². The minimum absolute atomic E-state index is 0.395. The van der Waals surface area contributed by atoms with Crippen LogP contribution in [-0.2, 0) is 19.3 Å². The normalized spacial score (nSPS) is 13.0. The number of nitrogens with two attached hydrogens (primary N) is 1. The zero-order valence-corrected chi connectivity index (χ0v) is 13.0. The summed E-state index contributed by atoms with van der Waals surface area (Å²) in [6.07, 6.45) is 4.28. The smallest absolute Gasteiger partial charge is 0.140 e. The number of hydrogen-bond donors (Lipinski definition) is 2. The first kappa shape index (κ1) is 14.0. The summed E-state index contributed by atoms with van der Waals surface area (Å²) in [6, 6.07) is 10.4. The summed E-state index contributed by atoms with van der Waals surface area (Å²) >= 11 is 5.18. The molecule has 1 aliphatic carbocycles. The van der Waals surface area contributed by atoms with Crippen LogP contribution in [-0.4, -0.2) is 9.97 Å². The lowest BCUT2D eigenvalue weighted by Gasteiger charge is -2.13. The summed E-state index contributed by atoms with van der Waals surface area (Å²) in [6.45, 7) is 2.15. The molecule has 1 heterocycles. The number of aromatic nitrogens is 1. The van der Waals surface area contributed by atoms with E-state index in [2.05, 4.69) is 36.5 Å². The second-order valence-corrected chi connectivity index (χ2v) is 5.83. The fourth-order valence-electron chi connectivity index (χ4n) is 2.76. The third kappa shape index (κ3) is 2.90. The Bertz CT molecular complexity index is 694. The molecule has 21 heavy (non-hydrogen) atoms. The molecule has 0 saturated carbocycles. The quantitative estimate of drug-likeness (QED) is 0.848. The van der Waals surface area contributed by atoms with Crippen molar-refractivity contribution >= 4 is 28.7 Å². The Balaban J connectivity index is 1.99. The summed E-state index contributed by atoms with van der Waals surface area (Å²) in [7, 11) is 0. The fraction of sp³-hybridized carbons (Fsp3) is 0.294. The van der Waals surface area contributed by atoms with Crippen LogP contribution >= 0.6 is 12.2 Å². The van der Waals surface area contributed by atoms with E-state index in [1.54, 1.807) is 0 Å². The van der Waals surface area contributed by atoms with Gasteiger partial charge in [0.1, 0.15) is 10.8 Å². The molecular formula is C17H19N3S. The lowest BCUT2D eigenvalue weighted by atomic mass is 10.1. The highest BCUT2D eigenvalue weighted by molar-refractivity contribution is 7.80. The van der Waals surface area contributed by atoms with E-state index in [-0.39, 0.29) is 0 Å². The van der Waals surface area contributed by atoms with Gasteiger partial charge in [0.15, 0.2) is 0 Å². The Kier molecular flexibility index (Phi) is 3.88. The molecular weight excluding hydrogens is 278 g/mol. The SMILES string of the molecule is CCc1cccc(Nc2nc3c(cc2C(N)=S)CCC3)c1. The Morgan fingerprint density at radius 3 is 2.95 bits per heavy atom. The molecule has 1 aliphatic rings. The van der Waals surface area contributed by atoms with Gasteiger partial charge < -0.3 is 11.1 Å². The van der Waals surface area contributed by atoms with Gasteiger partial charge in [-0.2, -0.15) is 0 Å². The Labute approximate surface area is 130 Å². The van der Waals surface area contributed by atoms with E-state index < -0.39 is 0 Å². The van der Waals surface area contributed by atoms with Crippen LogP contribution in [0.3, 0.4) is 0 Å². The van der Waals surface area contributed by atoms with E-state index in [0.29, 0.717) is 4.99 Å². The lowest BCUT2D eigenvalue weighted by molar-refractivity contribution is 0.900. The van der Waals surface area contributed by atoms with Crippen molar-refractivity contribution in [2.45, 2.75) is 32.6 Å². The maximum absolute atomic E-state index is 5.87. The second kappa shape index (κ2) is 5.82. The van der Waals surface area contributed by atoms with Crippen LogP contribution in [0.2, 0.25) is 0 Å². The van der Waals surface area contributed by atoms with Gasteiger partial charge >= 0.3 is 0 Å². The van der Waals surface area contributed by atoms with Crippen LogP contribution in [0.5, 0.6) is 0 Å². The summed E-state index contributed by atoms with van der Waals surface area (Å²) in [5.41, 5.74) is 11.5. The van der Waals surface area contributed by atoms with Gasteiger partial charge in [0.2, 0.25) is 0 Å². The number of rotatable bonds is 4. The minimum atomic E-state index is 0.395. The van der Waals surface area contributed by atoms with Crippen LogP contribution in [0.25, 0.3) is 0 Å². The van der Waals surface area contributed by atoms with E-state index in [1.807, 2.05) is 6.07 Å². The molecule has 0 spiro atoms. The summed E-state index contributed by atoms with van der Waals surface area (Å²) in [5, 5.41) is 3.38. The molecule has 2 aromatic rings. The number of thiocarbonyl (C=S) groups is 1. The standard InChI is InChI=1S/C17H19N3S/c1-2-11-5-3-7-13(9-11)19-17-14(16(18)21)10-12-6-4-8-15(12)20-17/h3,5,7,9-10H,2,4,6,8H2,1H3,(H2,18,21)(H,19,20). The Hall–Kier alpha value is -1.94. The zero-order valence-electron chi connectivity index (χ0n) is 12.1. The Morgan fingerprint density at radius 2 is 2.19 bits per heavy atom. The number of aryl methyl sites for hydroxylation is 3. The van der Waals surface area contributed by atoms with Crippen LogP contribution in [0, 0.1) is 0 Å². The molecule has 108 valence electrons. The molecule has 0 radical (unpaired) electrons. The third-order valence-corrected chi connectivity index (χ3v) is 4.13. The van der Waals surface area contributed by atoms with Crippen LogP contribution < -0.4 is 11.1 Å². The molecule has 3 rings (SSSR count). The maximum atomic E-state index is 5.87. The van der Waals surface area contributed by atoms with E-state index >= 15 is 0 Å². The van der Waals surface area contributed by atoms with E-state index in [1.165, 1.54) is 16.8 Å². The van der Waals surface area contributed by atoms with Gasteiger partial charge in [0.05, 0.1) is 5.56 Å². The molecule has 0 atom stereocenters. The van der Waals surface area contributed by atoms with Crippen molar-refractivity contribution in [3.8, 4) is 0 Å². The van der Waals surface area contributed by atoms with Gasteiger partial charge in [-0.05, 0) is 55.0 Å². The van der Waals surface area contributed by atoms with Crippen molar-refractivity contribution in [3.05, 3.63) is 52.7 Å². The number of benzene rings is 1. The first-order valence-electron chi connectivity index (χ1n) is 7.36. The van der Waals surface area contributed by atoms with Crippen molar-refractivity contribution in [3.63, 3.8) is 0 Å². The highest BCUT2D eigenvalue weighted by Crippen LogP contribution is 2.27. The molecule has 4 heteroatoms. The van der Waals surface area contributed by atoms with E-state index in [9.17, 15) is 0 Å². The predicted octanol–water partition coefficient (Wildman–Crippen LogP) is 3.51. The number of pyridine rings is 1. The van der Waals surface area contributed by atoms with Crippen molar-refractivity contribution in [2.75, 3.05) is 5.32 Å². The molecule has 0 unspecified atom stereocenters. The van der Waals surface area contributed by atoms with Crippen LogP contribution in [0.15, 0.2) is 30.3 Å². The summed E-state index contributed by atoms with van der Waals surface area (Å²) in [4.78, 5) is 5.14. The fourth-order valence-corrected chi connectivity index (χ4v) is 2.92. The van der Waals surface area contributed by atoms with Crippen molar-refractivity contribution < 1.29 is 0 Å². The number of nitrogens with one attached hydrogen (secondary N) is 1. The van der Waals surface area contributed by atoms with Gasteiger partial charge in [-0.15, -0.1) is 0 Å². The number of fused-ring (bicyclic) bond motifs is 1. The van der Waals surface area contributed by atoms with Gasteiger partial charge in [0.25, 0.3) is 0 Å². The maximum Gasteiger partial charge on any atom is 0.140 e. The van der Waals surface area contributed by atoms with Crippen molar-refractivity contribution in [2.24, 2.45) is 5.73 Å². The molecule has 0 aliphatic heterocycles. The summed E-state index contributed by atoms with van der Waals surface area (Å²) in [5.74, 6) is 0.774. The van der Waals surface area contributed by atoms with E-state index in [0.717, 1.165) is 42.8 Å². The van der Waals surface area contributed by atoms with Crippen LogP contribution in [0.1, 0.15) is 35.7 Å². The molecule has 1 aromatic heterocycles. The lowest BCUT2D eigenvalue weighted by Crippen LogP contribution is -2.14. The molecule has 0 amide bonds. The molecule has 3 nitrogen and oxygen atoms in total. The third-order valence-electron chi connectivity index (χ3n) is 3.91. The molecule has 0 saturated heterocycles. The van der Waals surface area contributed by atoms with Gasteiger partial charge in [0, 0.05) is 11.4 Å². The molecule has 0 fully saturated rings. The Morgan fingerprint density at radius 1 is 1.33 bits per heavy atom.